The zero-order valence-corrected chi connectivity index (χ0v) is 30.6. The molecule has 3 N–H and O–H groups in total. The summed E-state index contributed by atoms with van der Waals surface area (Å²) in [7, 11) is 0. The highest BCUT2D eigenvalue weighted by Crippen LogP contribution is 2.43. The molecule has 0 radical (unpaired) electrons. The minimum atomic E-state index is -2.03. The number of nitrogens with zero attached hydrogens (tertiary/aromatic N) is 1. The van der Waals surface area contributed by atoms with E-state index in [1.807, 2.05) is 91.0 Å². The maximum atomic E-state index is 12.1. The number of ether oxygens (including phenoxy) is 2. The van der Waals surface area contributed by atoms with Crippen molar-refractivity contribution in [3.05, 3.63) is 130 Å². The summed E-state index contributed by atoms with van der Waals surface area (Å²) in [5.41, 5.74) is 5.49. The van der Waals surface area contributed by atoms with E-state index in [1.54, 1.807) is 0 Å². The summed E-state index contributed by atoms with van der Waals surface area (Å²) in [4.78, 5) is 14.4. The van der Waals surface area contributed by atoms with Crippen LogP contribution in [0.1, 0.15) is 60.0 Å². The standard InChI is InChI=1S/C39H40Cl4N2O5/c1-25-34(23-45-18-16-38(48,17-19-45)32-12-14-33(40)15-13-32)49-36(50-35(25)28-10-8-26(24-46)9-11-28)31-7-3-6-30(21-31)29-5-2-4-27(20-29)22-44-37(47)39(41,42)43/h2-15,20-21,25,34-36,46,48H,16-19,22-24H2,1H3,(H,44,47). The second-order valence-electron chi connectivity index (χ2n) is 13.2. The van der Waals surface area contributed by atoms with Crippen molar-refractivity contribution in [2.24, 2.45) is 5.92 Å². The molecule has 0 aliphatic carbocycles. The SMILES string of the molecule is CC1C(CN2CCC(O)(c3ccc(Cl)cc3)CC2)OC(c2cccc(-c3cccc(CNC(=O)C(Cl)(Cl)Cl)c3)c2)OC1c1ccc(CO)cc1. The molecule has 2 heterocycles. The van der Waals surface area contributed by atoms with Gasteiger partial charge in [-0.3, -0.25) is 4.79 Å². The van der Waals surface area contributed by atoms with E-state index in [9.17, 15) is 15.0 Å². The van der Waals surface area contributed by atoms with Crippen molar-refractivity contribution in [3.8, 4) is 11.1 Å². The van der Waals surface area contributed by atoms with Crippen molar-refractivity contribution in [1.29, 1.82) is 0 Å². The van der Waals surface area contributed by atoms with Gasteiger partial charge in [0.25, 0.3) is 9.70 Å². The fourth-order valence-electron chi connectivity index (χ4n) is 6.75. The fraction of sp³-hybridized carbons (Fsp3) is 0.359. The molecule has 2 aliphatic heterocycles. The monoisotopic (exact) mass is 756 g/mol. The number of halogens is 4. The number of hydrogen-bond donors (Lipinski definition) is 3. The van der Waals surface area contributed by atoms with Gasteiger partial charge in [-0.05, 0) is 70.5 Å². The summed E-state index contributed by atoms with van der Waals surface area (Å²) in [5, 5.41) is 24.4. The summed E-state index contributed by atoms with van der Waals surface area (Å²) in [6.45, 7) is 4.47. The Labute approximate surface area is 313 Å². The Hall–Kier alpha value is -2.69. The Morgan fingerprint density at radius 3 is 2.20 bits per heavy atom. The zero-order valence-electron chi connectivity index (χ0n) is 27.6. The molecule has 0 spiro atoms. The molecule has 0 aromatic heterocycles. The quantitative estimate of drug-likeness (QED) is 0.149. The number of hydrogen-bond acceptors (Lipinski definition) is 6. The number of aliphatic hydroxyl groups excluding tert-OH is 1. The van der Waals surface area contributed by atoms with Gasteiger partial charge in [-0.1, -0.05) is 126 Å². The first-order valence-electron chi connectivity index (χ1n) is 16.7. The smallest absolute Gasteiger partial charge is 0.272 e. The molecule has 4 aromatic rings. The first-order valence-corrected chi connectivity index (χ1v) is 18.2. The van der Waals surface area contributed by atoms with Gasteiger partial charge in [-0.15, -0.1) is 0 Å². The van der Waals surface area contributed by atoms with Crippen LogP contribution < -0.4 is 5.32 Å². The zero-order chi connectivity index (χ0) is 35.5. The average Bonchev–Trinajstić information content (AvgIpc) is 3.12. The van der Waals surface area contributed by atoms with Crippen LogP contribution in [0, 0.1) is 5.92 Å². The molecule has 1 amide bonds. The van der Waals surface area contributed by atoms with Crippen LogP contribution in [-0.4, -0.2) is 50.6 Å². The molecule has 6 rings (SSSR count). The van der Waals surface area contributed by atoms with Crippen molar-refractivity contribution in [1.82, 2.24) is 10.2 Å². The number of carbonyl (C=O) groups excluding carboxylic acids is 1. The van der Waals surface area contributed by atoms with Crippen molar-refractivity contribution in [2.75, 3.05) is 19.6 Å². The van der Waals surface area contributed by atoms with Crippen LogP contribution in [0.2, 0.25) is 5.02 Å². The first-order chi connectivity index (χ1) is 23.9. The Bertz CT molecular complexity index is 1760. The summed E-state index contributed by atoms with van der Waals surface area (Å²) in [6.07, 6.45) is 0.164. The van der Waals surface area contributed by atoms with Crippen LogP contribution in [0.3, 0.4) is 0 Å². The molecule has 7 nitrogen and oxygen atoms in total. The summed E-state index contributed by atoms with van der Waals surface area (Å²) < 4.78 is 11.5. The van der Waals surface area contributed by atoms with Gasteiger partial charge in [0, 0.05) is 42.7 Å². The molecule has 2 fully saturated rings. The number of rotatable bonds is 9. The third kappa shape index (κ3) is 8.84. The van der Waals surface area contributed by atoms with Gasteiger partial charge in [0.2, 0.25) is 0 Å². The number of carbonyl (C=O) groups is 1. The van der Waals surface area contributed by atoms with Gasteiger partial charge in [0.05, 0.1) is 24.4 Å². The number of nitrogens with one attached hydrogen (secondary N) is 1. The number of alkyl halides is 3. The molecular formula is C39H40Cl4N2O5. The number of amides is 1. The van der Waals surface area contributed by atoms with Crippen molar-refractivity contribution < 1.29 is 24.5 Å². The molecule has 0 bridgehead atoms. The number of likely N-dealkylation sites (tertiary alicyclic amines) is 1. The number of piperidine rings is 1. The maximum Gasteiger partial charge on any atom is 0.272 e. The van der Waals surface area contributed by atoms with E-state index < -0.39 is 21.6 Å². The fourth-order valence-corrected chi connectivity index (χ4v) is 7.07. The van der Waals surface area contributed by atoms with Crippen molar-refractivity contribution in [3.63, 3.8) is 0 Å². The minimum absolute atomic E-state index is 0.0195. The highest BCUT2D eigenvalue weighted by molar-refractivity contribution is 6.76. The van der Waals surface area contributed by atoms with E-state index >= 15 is 0 Å². The average molecular weight is 759 g/mol. The lowest BCUT2D eigenvalue weighted by atomic mass is 9.84. The molecule has 2 saturated heterocycles. The Balaban J connectivity index is 1.21. The highest BCUT2D eigenvalue weighted by atomic mass is 35.6. The minimum Gasteiger partial charge on any atom is -0.392 e. The van der Waals surface area contributed by atoms with Crippen LogP contribution in [0.15, 0.2) is 97.1 Å². The Morgan fingerprint density at radius 1 is 0.880 bits per heavy atom. The van der Waals surface area contributed by atoms with E-state index in [0.717, 1.165) is 52.0 Å². The largest absolute Gasteiger partial charge is 0.392 e. The van der Waals surface area contributed by atoms with Crippen LogP contribution in [0.25, 0.3) is 11.1 Å². The predicted molar refractivity (Wildman–Crippen MR) is 198 cm³/mol. The van der Waals surface area contributed by atoms with E-state index in [0.29, 0.717) is 24.4 Å². The molecular weight excluding hydrogens is 718 g/mol. The van der Waals surface area contributed by atoms with Crippen LogP contribution in [0.5, 0.6) is 0 Å². The normalized spacial score (nSPS) is 22.6. The lowest BCUT2D eigenvalue weighted by molar-refractivity contribution is -0.277. The van der Waals surface area contributed by atoms with Gasteiger partial charge >= 0.3 is 0 Å². The summed E-state index contributed by atoms with van der Waals surface area (Å²) >= 11 is 23.2. The maximum absolute atomic E-state index is 12.1. The lowest BCUT2D eigenvalue weighted by Gasteiger charge is -2.45. The van der Waals surface area contributed by atoms with Crippen LogP contribution >= 0.6 is 46.4 Å². The van der Waals surface area contributed by atoms with Gasteiger partial charge < -0.3 is 29.9 Å². The topological polar surface area (TPSA) is 91.3 Å². The molecule has 4 atom stereocenters. The number of benzene rings is 4. The third-order valence-electron chi connectivity index (χ3n) is 9.76. The molecule has 4 aromatic carbocycles. The van der Waals surface area contributed by atoms with E-state index in [1.165, 1.54) is 0 Å². The summed E-state index contributed by atoms with van der Waals surface area (Å²) in [6, 6.07) is 31.2. The second kappa shape index (κ2) is 15.9. The van der Waals surface area contributed by atoms with Crippen molar-refractivity contribution in [2.45, 2.75) is 60.8 Å². The van der Waals surface area contributed by atoms with Crippen molar-refractivity contribution >= 4 is 52.3 Å². The lowest BCUT2D eigenvalue weighted by Crippen LogP contribution is -2.49. The second-order valence-corrected chi connectivity index (χ2v) is 15.9. The molecule has 264 valence electrons. The first kappa shape index (κ1) is 37.1. The predicted octanol–water partition coefficient (Wildman–Crippen LogP) is 8.26. The van der Waals surface area contributed by atoms with Crippen LogP contribution in [0.4, 0.5) is 0 Å². The van der Waals surface area contributed by atoms with Gasteiger partial charge in [-0.2, -0.15) is 0 Å². The molecule has 11 heteroatoms. The summed E-state index contributed by atoms with van der Waals surface area (Å²) in [5.74, 6) is -0.668. The molecule has 50 heavy (non-hydrogen) atoms. The Kier molecular flexibility index (Phi) is 11.8. The molecule has 0 saturated carbocycles. The van der Waals surface area contributed by atoms with E-state index in [-0.39, 0.29) is 31.3 Å². The van der Waals surface area contributed by atoms with E-state index in [2.05, 4.69) is 23.2 Å². The van der Waals surface area contributed by atoms with Gasteiger partial charge in [0.1, 0.15) is 0 Å². The van der Waals surface area contributed by atoms with Gasteiger partial charge in [-0.25, -0.2) is 0 Å². The molecule has 2 aliphatic rings. The molecule has 4 unspecified atom stereocenters. The van der Waals surface area contributed by atoms with Gasteiger partial charge in [0.15, 0.2) is 6.29 Å². The van der Waals surface area contributed by atoms with E-state index in [4.69, 9.17) is 55.9 Å². The Morgan fingerprint density at radius 2 is 1.54 bits per heavy atom. The third-order valence-corrected chi connectivity index (χ3v) is 10.5. The van der Waals surface area contributed by atoms with Crippen LogP contribution in [-0.2, 0) is 33.0 Å². The highest BCUT2D eigenvalue weighted by Gasteiger charge is 2.41. The number of aliphatic hydroxyl groups is 2.